The van der Waals surface area contributed by atoms with Gasteiger partial charge in [0, 0.05) is 12.1 Å². The average Bonchev–Trinajstić information content (AvgIpc) is 2.99. The monoisotopic (exact) mass is 451 g/mol. The molecule has 1 unspecified atom stereocenters. The highest BCUT2D eigenvalue weighted by molar-refractivity contribution is 6.46. The highest BCUT2D eigenvalue weighted by atomic mass is 16.5. The van der Waals surface area contributed by atoms with Gasteiger partial charge in [-0.05, 0) is 76.4 Å². The Labute approximate surface area is 195 Å². The van der Waals surface area contributed by atoms with Crippen molar-refractivity contribution in [1.29, 1.82) is 0 Å². The second kappa shape index (κ2) is 10.2. The predicted octanol–water partition coefficient (Wildman–Crippen LogP) is 4.94. The maximum absolute atomic E-state index is 13.1. The molecular weight excluding hydrogens is 418 g/mol. The maximum atomic E-state index is 13.1. The molecule has 1 amide bonds. The SMILES string of the molecule is Cc1cc(/C(O)=C2\C(=O)C(=O)N(CCOC(C)C)C2c2ccccc2C)ccc1OC(C)C. The lowest BCUT2D eigenvalue weighted by atomic mass is 9.92. The second-order valence-electron chi connectivity index (χ2n) is 8.92. The number of aryl methyl sites for hydroxylation is 2. The van der Waals surface area contributed by atoms with Gasteiger partial charge in [-0.2, -0.15) is 0 Å². The number of benzene rings is 2. The van der Waals surface area contributed by atoms with E-state index >= 15 is 0 Å². The number of hydrogen-bond acceptors (Lipinski definition) is 5. The lowest BCUT2D eigenvalue weighted by Gasteiger charge is -2.27. The Bertz CT molecular complexity index is 1070. The van der Waals surface area contributed by atoms with Crippen LogP contribution in [-0.4, -0.2) is 47.1 Å². The summed E-state index contributed by atoms with van der Waals surface area (Å²) in [6.07, 6.45) is 0.0240. The fourth-order valence-electron chi connectivity index (χ4n) is 4.05. The fraction of sp³-hybridized carbons (Fsp3) is 0.407. The number of Topliss-reactive ketones (excluding diaryl/α,β-unsaturated/α-hetero) is 1. The van der Waals surface area contributed by atoms with E-state index in [9.17, 15) is 14.7 Å². The van der Waals surface area contributed by atoms with Crippen molar-refractivity contribution in [2.45, 2.75) is 59.8 Å². The number of nitrogens with zero attached hydrogens (tertiary/aromatic N) is 1. The van der Waals surface area contributed by atoms with Crippen LogP contribution in [0, 0.1) is 13.8 Å². The molecule has 0 aromatic heterocycles. The molecule has 0 aliphatic carbocycles. The molecule has 1 heterocycles. The number of hydrogen-bond donors (Lipinski definition) is 1. The van der Waals surface area contributed by atoms with Gasteiger partial charge in [-0.1, -0.05) is 24.3 Å². The van der Waals surface area contributed by atoms with Gasteiger partial charge in [0.05, 0.1) is 30.4 Å². The number of likely N-dealkylation sites (tertiary alicyclic amines) is 1. The minimum absolute atomic E-state index is 0.00767. The molecule has 1 aliphatic rings. The van der Waals surface area contributed by atoms with Gasteiger partial charge in [-0.25, -0.2) is 0 Å². The van der Waals surface area contributed by atoms with E-state index in [1.54, 1.807) is 18.2 Å². The highest BCUT2D eigenvalue weighted by Gasteiger charge is 2.46. The molecule has 1 atom stereocenters. The lowest BCUT2D eigenvalue weighted by molar-refractivity contribution is -0.140. The molecule has 0 saturated carbocycles. The van der Waals surface area contributed by atoms with Crippen LogP contribution < -0.4 is 4.74 Å². The van der Waals surface area contributed by atoms with Gasteiger partial charge in [0.2, 0.25) is 0 Å². The van der Waals surface area contributed by atoms with Crippen LogP contribution in [0.1, 0.15) is 56.0 Å². The molecule has 1 aliphatic heterocycles. The van der Waals surface area contributed by atoms with Crippen molar-refractivity contribution < 1.29 is 24.2 Å². The molecule has 0 bridgehead atoms. The first kappa shape index (κ1) is 24.5. The Morgan fingerprint density at radius 3 is 2.30 bits per heavy atom. The summed E-state index contributed by atoms with van der Waals surface area (Å²) >= 11 is 0. The Hall–Kier alpha value is -3.12. The average molecular weight is 452 g/mol. The molecule has 6 heteroatoms. The van der Waals surface area contributed by atoms with Gasteiger partial charge < -0.3 is 19.5 Å². The van der Waals surface area contributed by atoms with Crippen molar-refractivity contribution in [3.05, 3.63) is 70.3 Å². The van der Waals surface area contributed by atoms with Crippen LogP contribution in [0.3, 0.4) is 0 Å². The molecule has 1 fully saturated rings. The first-order chi connectivity index (χ1) is 15.6. The number of aliphatic hydroxyl groups is 1. The molecule has 1 N–H and O–H groups in total. The number of carbonyl (C=O) groups is 2. The zero-order valence-corrected chi connectivity index (χ0v) is 20.2. The Kier molecular flexibility index (Phi) is 7.59. The third kappa shape index (κ3) is 5.28. The van der Waals surface area contributed by atoms with Crippen molar-refractivity contribution in [3.8, 4) is 5.75 Å². The van der Waals surface area contributed by atoms with Crippen LogP contribution in [0.25, 0.3) is 5.76 Å². The van der Waals surface area contributed by atoms with E-state index < -0.39 is 17.7 Å². The number of amides is 1. The number of aliphatic hydroxyl groups excluding tert-OH is 1. The van der Waals surface area contributed by atoms with Gasteiger partial charge in [0.15, 0.2) is 0 Å². The summed E-state index contributed by atoms with van der Waals surface area (Å²) in [5.74, 6) is -0.796. The lowest BCUT2D eigenvalue weighted by Crippen LogP contribution is -2.33. The Morgan fingerprint density at radius 2 is 1.70 bits per heavy atom. The number of ketones is 1. The van der Waals surface area contributed by atoms with Crippen molar-refractivity contribution >= 4 is 17.4 Å². The van der Waals surface area contributed by atoms with Crippen molar-refractivity contribution in [1.82, 2.24) is 4.90 Å². The molecule has 0 spiro atoms. The van der Waals surface area contributed by atoms with Crippen LogP contribution in [-0.2, 0) is 14.3 Å². The van der Waals surface area contributed by atoms with Crippen molar-refractivity contribution in [2.75, 3.05) is 13.2 Å². The molecule has 33 heavy (non-hydrogen) atoms. The molecule has 3 rings (SSSR count). The molecule has 176 valence electrons. The van der Waals surface area contributed by atoms with Gasteiger partial charge in [0.25, 0.3) is 11.7 Å². The number of ether oxygens (including phenoxy) is 2. The third-order valence-electron chi connectivity index (χ3n) is 5.62. The molecule has 1 saturated heterocycles. The van der Waals surface area contributed by atoms with E-state index in [-0.39, 0.29) is 30.1 Å². The van der Waals surface area contributed by atoms with Crippen LogP contribution in [0.15, 0.2) is 48.0 Å². The number of rotatable bonds is 8. The topological polar surface area (TPSA) is 76.1 Å². The molecule has 0 radical (unpaired) electrons. The summed E-state index contributed by atoms with van der Waals surface area (Å²) in [7, 11) is 0. The van der Waals surface area contributed by atoms with Crippen LogP contribution in [0.2, 0.25) is 0 Å². The summed E-state index contributed by atoms with van der Waals surface area (Å²) in [6, 6.07) is 12.2. The standard InChI is InChI=1S/C27H33NO5/c1-16(2)32-14-13-28-24(21-10-8-7-9-18(21)5)23(26(30)27(28)31)25(29)20-11-12-22(19(6)15-20)33-17(3)4/h7-12,15-17,24,29H,13-14H2,1-6H3/b25-23+. The summed E-state index contributed by atoms with van der Waals surface area (Å²) in [5.41, 5.74) is 3.13. The van der Waals surface area contributed by atoms with E-state index in [0.717, 1.165) is 16.7 Å². The van der Waals surface area contributed by atoms with Gasteiger partial charge >= 0.3 is 0 Å². The van der Waals surface area contributed by atoms with Crippen molar-refractivity contribution in [3.63, 3.8) is 0 Å². The minimum Gasteiger partial charge on any atom is -0.507 e. The van der Waals surface area contributed by atoms with Crippen LogP contribution in [0.4, 0.5) is 0 Å². The van der Waals surface area contributed by atoms with Gasteiger partial charge in [0.1, 0.15) is 11.5 Å². The molecule has 6 nitrogen and oxygen atoms in total. The quantitative estimate of drug-likeness (QED) is 0.350. The maximum Gasteiger partial charge on any atom is 0.295 e. The Balaban J connectivity index is 2.10. The first-order valence-corrected chi connectivity index (χ1v) is 11.3. The third-order valence-corrected chi connectivity index (χ3v) is 5.62. The summed E-state index contributed by atoms with van der Waals surface area (Å²) in [6.45, 7) is 12.1. The van der Waals surface area contributed by atoms with Gasteiger partial charge in [-0.3, -0.25) is 9.59 Å². The largest absolute Gasteiger partial charge is 0.507 e. The highest BCUT2D eigenvalue weighted by Crippen LogP contribution is 2.40. The van der Waals surface area contributed by atoms with Crippen LogP contribution in [0.5, 0.6) is 5.75 Å². The zero-order chi connectivity index (χ0) is 24.3. The summed E-state index contributed by atoms with van der Waals surface area (Å²) < 4.78 is 11.4. The second-order valence-corrected chi connectivity index (χ2v) is 8.92. The molecule has 2 aromatic carbocycles. The number of carbonyl (C=O) groups excluding carboxylic acids is 2. The van der Waals surface area contributed by atoms with E-state index in [0.29, 0.717) is 17.9 Å². The smallest absolute Gasteiger partial charge is 0.295 e. The van der Waals surface area contributed by atoms with E-state index in [2.05, 4.69) is 0 Å². The normalized spacial score (nSPS) is 17.9. The predicted molar refractivity (Wildman–Crippen MR) is 128 cm³/mol. The van der Waals surface area contributed by atoms with E-state index in [1.807, 2.05) is 65.8 Å². The molecular formula is C27H33NO5. The molecule has 2 aromatic rings. The first-order valence-electron chi connectivity index (χ1n) is 11.3. The fourth-order valence-corrected chi connectivity index (χ4v) is 4.05. The summed E-state index contributed by atoms with van der Waals surface area (Å²) in [4.78, 5) is 27.7. The minimum atomic E-state index is -0.689. The van der Waals surface area contributed by atoms with Gasteiger partial charge in [-0.15, -0.1) is 0 Å². The van der Waals surface area contributed by atoms with E-state index in [4.69, 9.17) is 9.47 Å². The summed E-state index contributed by atoms with van der Waals surface area (Å²) in [5, 5.41) is 11.3. The zero-order valence-electron chi connectivity index (χ0n) is 20.2. The van der Waals surface area contributed by atoms with Crippen LogP contribution >= 0.6 is 0 Å². The van der Waals surface area contributed by atoms with Crippen molar-refractivity contribution in [2.24, 2.45) is 0 Å². The Morgan fingerprint density at radius 1 is 1.00 bits per heavy atom. The van der Waals surface area contributed by atoms with E-state index in [1.165, 1.54) is 4.90 Å².